The fourth-order valence-electron chi connectivity index (χ4n) is 4.45. The maximum atomic E-state index is 13.3. The van der Waals surface area contributed by atoms with Crippen LogP contribution in [0, 0.1) is 0 Å². The summed E-state index contributed by atoms with van der Waals surface area (Å²) in [6, 6.07) is 35.2. The van der Waals surface area contributed by atoms with Crippen LogP contribution < -0.4 is 14.9 Å². The van der Waals surface area contributed by atoms with Crippen molar-refractivity contribution in [1.29, 1.82) is 0 Å². The summed E-state index contributed by atoms with van der Waals surface area (Å²) in [5.74, 6) is -0.705. The van der Waals surface area contributed by atoms with Gasteiger partial charge in [-0.3, -0.25) is 4.79 Å². The molecule has 40 heavy (non-hydrogen) atoms. The number of benzene rings is 5. The molecule has 0 fully saturated rings. The Morgan fingerprint density at radius 2 is 1.40 bits per heavy atom. The molecular weight excluding hydrogens is 504 g/mol. The molecule has 0 saturated heterocycles. The van der Waals surface area contributed by atoms with Crippen LogP contribution in [0.2, 0.25) is 0 Å². The first-order chi connectivity index (χ1) is 19.5. The second kappa shape index (κ2) is 11.6. The summed E-state index contributed by atoms with van der Waals surface area (Å²) in [7, 11) is 1.48. The van der Waals surface area contributed by atoms with E-state index in [1.54, 1.807) is 91.0 Å². The highest BCUT2D eigenvalue weighted by atomic mass is 16.6. The molecule has 5 aromatic carbocycles. The van der Waals surface area contributed by atoms with Gasteiger partial charge in [-0.2, -0.15) is 5.10 Å². The molecule has 0 heterocycles. The first kappa shape index (κ1) is 26.3. The Kier molecular flexibility index (Phi) is 7.66. The number of carbonyl (C=O) groups excluding carboxylic acids is 2. The summed E-state index contributed by atoms with van der Waals surface area (Å²) < 4.78 is 11.1. The third-order valence-corrected chi connectivity index (χ3v) is 6.49. The van der Waals surface area contributed by atoms with E-state index in [4.69, 9.17) is 9.47 Å². The Hall–Kier alpha value is -5.27. The summed E-state index contributed by atoms with van der Waals surface area (Å²) in [5, 5.41) is 17.3. The molecule has 0 aliphatic rings. The lowest BCUT2D eigenvalue weighted by atomic mass is 9.85. The van der Waals surface area contributed by atoms with E-state index in [0.717, 1.165) is 10.8 Å². The number of nitrogens with zero attached hydrogens (tertiary/aromatic N) is 1. The SMILES string of the molecule is COc1ccc(/C=N\NC(=O)C(O)(c2ccccc2)c2ccccc2)cc1OC(=O)c1cccc2ccccc12. The molecule has 0 atom stereocenters. The fourth-order valence-corrected chi connectivity index (χ4v) is 4.45. The average molecular weight is 531 g/mol. The molecule has 0 aliphatic heterocycles. The van der Waals surface area contributed by atoms with Crippen molar-refractivity contribution in [2.24, 2.45) is 5.10 Å². The van der Waals surface area contributed by atoms with Crippen molar-refractivity contribution in [2.75, 3.05) is 7.11 Å². The van der Waals surface area contributed by atoms with Crippen LogP contribution in [0.25, 0.3) is 10.8 Å². The maximum absolute atomic E-state index is 13.3. The number of methoxy groups -OCH3 is 1. The maximum Gasteiger partial charge on any atom is 0.344 e. The Bertz CT molecular complexity index is 1640. The van der Waals surface area contributed by atoms with E-state index >= 15 is 0 Å². The van der Waals surface area contributed by atoms with E-state index in [-0.39, 0.29) is 5.75 Å². The lowest BCUT2D eigenvalue weighted by Crippen LogP contribution is -2.43. The van der Waals surface area contributed by atoms with Crippen molar-refractivity contribution >= 4 is 28.9 Å². The highest BCUT2D eigenvalue weighted by molar-refractivity contribution is 6.05. The molecule has 0 unspecified atom stereocenters. The molecule has 5 aromatic rings. The fraction of sp³-hybridized carbons (Fsp3) is 0.0606. The number of rotatable bonds is 8. The van der Waals surface area contributed by atoms with E-state index in [9.17, 15) is 14.7 Å². The van der Waals surface area contributed by atoms with Gasteiger partial charge in [0.05, 0.1) is 18.9 Å². The van der Waals surface area contributed by atoms with Gasteiger partial charge >= 0.3 is 5.97 Å². The molecule has 198 valence electrons. The zero-order valence-electron chi connectivity index (χ0n) is 21.7. The molecule has 0 radical (unpaired) electrons. The van der Waals surface area contributed by atoms with Crippen molar-refractivity contribution in [3.63, 3.8) is 0 Å². The van der Waals surface area contributed by atoms with Gasteiger partial charge in [-0.05, 0) is 51.7 Å². The summed E-state index contributed by atoms with van der Waals surface area (Å²) in [6.07, 6.45) is 1.39. The third kappa shape index (κ3) is 5.32. The Balaban J connectivity index is 1.37. The van der Waals surface area contributed by atoms with Gasteiger partial charge in [0.2, 0.25) is 0 Å². The first-order valence-corrected chi connectivity index (χ1v) is 12.6. The van der Waals surface area contributed by atoms with Crippen molar-refractivity contribution in [3.05, 3.63) is 144 Å². The molecule has 7 nitrogen and oxygen atoms in total. The van der Waals surface area contributed by atoms with Gasteiger partial charge in [0.1, 0.15) is 0 Å². The van der Waals surface area contributed by atoms with Gasteiger partial charge in [-0.25, -0.2) is 10.2 Å². The van der Waals surface area contributed by atoms with Gasteiger partial charge in [0.25, 0.3) is 5.91 Å². The minimum Gasteiger partial charge on any atom is -0.493 e. The monoisotopic (exact) mass is 530 g/mol. The van der Waals surface area contributed by atoms with Crippen molar-refractivity contribution < 1.29 is 24.2 Å². The van der Waals surface area contributed by atoms with Crippen LogP contribution in [-0.4, -0.2) is 30.3 Å². The van der Waals surface area contributed by atoms with Crippen molar-refractivity contribution in [3.8, 4) is 11.5 Å². The summed E-state index contributed by atoms with van der Waals surface area (Å²) in [5.41, 5.74) is 2.25. The van der Waals surface area contributed by atoms with Crippen LogP contribution in [0.15, 0.2) is 126 Å². The number of fused-ring (bicyclic) bond motifs is 1. The predicted octanol–water partition coefficient (Wildman–Crippen LogP) is 5.45. The minimum absolute atomic E-state index is 0.195. The molecule has 1 amide bonds. The molecule has 0 spiro atoms. The first-order valence-electron chi connectivity index (χ1n) is 12.6. The van der Waals surface area contributed by atoms with Crippen LogP contribution in [0.1, 0.15) is 27.0 Å². The van der Waals surface area contributed by atoms with Crippen molar-refractivity contribution in [2.45, 2.75) is 5.60 Å². The third-order valence-electron chi connectivity index (χ3n) is 6.49. The van der Waals surface area contributed by atoms with E-state index < -0.39 is 17.5 Å². The van der Waals surface area contributed by atoms with Gasteiger partial charge in [-0.1, -0.05) is 97.1 Å². The zero-order chi connectivity index (χ0) is 28.0. The number of amides is 1. The predicted molar refractivity (Wildman–Crippen MR) is 154 cm³/mol. The van der Waals surface area contributed by atoms with E-state index in [1.807, 2.05) is 30.3 Å². The van der Waals surface area contributed by atoms with Gasteiger partial charge in [0.15, 0.2) is 17.1 Å². The number of carbonyl (C=O) groups is 2. The Morgan fingerprint density at radius 3 is 2.08 bits per heavy atom. The number of hydrazone groups is 1. The lowest BCUT2D eigenvalue weighted by molar-refractivity contribution is -0.136. The van der Waals surface area contributed by atoms with Gasteiger partial charge < -0.3 is 14.6 Å². The molecule has 0 aromatic heterocycles. The number of hydrogen-bond acceptors (Lipinski definition) is 6. The molecule has 5 rings (SSSR count). The van der Waals surface area contributed by atoms with Gasteiger partial charge in [0, 0.05) is 0 Å². The Labute approximate surface area is 231 Å². The second-order valence-corrected chi connectivity index (χ2v) is 8.97. The molecule has 0 aliphatic carbocycles. The molecule has 0 saturated carbocycles. The molecule has 2 N–H and O–H groups in total. The number of aliphatic hydroxyl groups is 1. The smallest absolute Gasteiger partial charge is 0.344 e. The molecule has 7 heteroatoms. The summed E-state index contributed by atoms with van der Waals surface area (Å²) in [4.78, 5) is 26.4. The average Bonchev–Trinajstić information content (AvgIpc) is 3.01. The number of esters is 1. The number of hydrogen-bond donors (Lipinski definition) is 2. The van der Waals surface area contributed by atoms with E-state index in [2.05, 4.69) is 10.5 Å². The highest BCUT2D eigenvalue weighted by Gasteiger charge is 2.39. The largest absolute Gasteiger partial charge is 0.493 e. The topological polar surface area (TPSA) is 97.2 Å². The number of nitrogens with one attached hydrogen (secondary N) is 1. The van der Waals surface area contributed by atoms with Crippen molar-refractivity contribution in [1.82, 2.24) is 5.43 Å². The normalized spacial score (nSPS) is 11.3. The van der Waals surface area contributed by atoms with E-state index in [0.29, 0.717) is 28.0 Å². The summed E-state index contributed by atoms with van der Waals surface area (Å²) in [6.45, 7) is 0. The standard InChI is InChI=1S/C33H26N2O5/c1-39-29-20-19-23(21-30(29)40-31(36)28-18-10-12-24-11-8-9-17-27(24)28)22-34-35-32(37)33(38,25-13-4-2-5-14-25)26-15-6-3-7-16-26/h2-22,38H,1H3,(H,35,37)/b34-22-. The van der Waals surface area contributed by atoms with Crippen LogP contribution in [0.4, 0.5) is 0 Å². The summed E-state index contributed by atoms with van der Waals surface area (Å²) >= 11 is 0. The van der Waals surface area contributed by atoms with Crippen LogP contribution in [-0.2, 0) is 10.4 Å². The minimum atomic E-state index is -1.96. The molecular formula is C33H26N2O5. The lowest BCUT2D eigenvalue weighted by Gasteiger charge is -2.27. The molecule has 0 bridgehead atoms. The van der Waals surface area contributed by atoms with E-state index in [1.165, 1.54) is 13.3 Å². The zero-order valence-corrected chi connectivity index (χ0v) is 21.7. The van der Waals surface area contributed by atoms with Crippen LogP contribution >= 0.6 is 0 Å². The number of ether oxygens (including phenoxy) is 2. The van der Waals surface area contributed by atoms with Gasteiger partial charge in [-0.15, -0.1) is 0 Å². The Morgan fingerprint density at radius 1 is 0.775 bits per heavy atom. The quantitative estimate of drug-likeness (QED) is 0.120. The second-order valence-electron chi connectivity index (χ2n) is 8.97. The van der Waals surface area contributed by atoms with Crippen LogP contribution in [0.5, 0.6) is 11.5 Å². The highest BCUT2D eigenvalue weighted by Crippen LogP contribution is 2.31. The van der Waals surface area contributed by atoms with Crippen LogP contribution in [0.3, 0.4) is 0 Å².